The third-order valence-corrected chi connectivity index (χ3v) is 5.29. The Morgan fingerprint density at radius 1 is 1.04 bits per heavy atom. The number of hydrogen-bond donors (Lipinski definition) is 1. The van der Waals surface area contributed by atoms with Crippen LogP contribution in [0.2, 0.25) is 0 Å². The summed E-state index contributed by atoms with van der Waals surface area (Å²) in [5.41, 5.74) is 0. The highest BCUT2D eigenvalue weighted by atomic mass is 35.5. The molecule has 0 aromatic heterocycles. The zero-order valence-corrected chi connectivity index (χ0v) is 16.1. The van der Waals surface area contributed by atoms with Crippen LogP contribution < -0.4 is 5.32 Å². The lowest BCUT2D eigenvalue weighted by atomic mass is 9.94. The number of piperidine rings is 2. The molecule has 0 bridgehead atoms. The first kappa shape index (κ1) is 21.0. The van der Waals surface area contributed by atoms with E-state index in [1.165, 1.54) is 0 Å². The van der Waals surface area contributed by atoms with Crippen LogP contribution in [0.5, 0.6) is 0 Å². The number of hydrogen-bond acceptors (Lipinski definition) is 3. The van der Waals surface area contributed by atoms with E-state index in [2.05, 4.69) is 5.32 Å². The lowest BCUT2D eigenvalue weighted by Crippen LogP contribution is -2.52. The number of likely N-dealkylation sites (tertiary alicyclic amines) is 2. The van der Waals surface area contributed by atoms with Crippen LogP contribution in [-0.4, -0.2) is 79.0 Å². The quantitative estimate of drug-likeness (QED) is 0.831. The molecule has 0 saturated carbocycles. The summed E-state index contributed by atoms with van der Waals surface area (Å²) in [5.74, 6) is 0.381. The molecule has 2 rings (SSSR count). The van der Waals surface area contributed by atoms with Crippen LogP contribution in [0.4, 0.5) is 4.79 Å². The number of nitrogens with zero attached hydrogens (tertiary/aromatic N) is 3. The number of urea groups is 1. The molecule has 0 aromatic rings. The van der Waals surface area contributed by atoms with Crippen molar-refractivity contribution in [3.05, 3.63) is 0 Å². The van der Waals surface area contributed by atoms with Gasteiger partial charge in [0.1, 0.15) is 0 Å². The summed E-state index contributed by atoms with van der Waals surface area (Å²) in [6.07, 6.45) is 3.83. The summed E-state index contributed by atoms with van der Waals surface area (Å²) in [6.45, 7) is 8.62. The van der Waals surface area contributed by atoms with Crippen molar-refractivity contribution in [1.29, 1.82) is 0 Å². The van der Waals surface area contributed by atoms with E-state index in [4.69, 9.17) is 0 Å². The summed E-state index contributed by atoms with van der Waals surface area (Å²) in [5, 5.41) is 3.29. The van der Waals surface area contributed by atoms with Gasteiger partial charge in [0.2, 0.25) is 5.91 Å². The molecule has 0 radical (unpaired) electrons. The Bertz CT molecular complexity index is 409. The van der Waals surface area contributed by atoms with Gasteiger partial charge in [-0.1, -0.05) is 0 Å². The van der Waals surface area contributed by atoms with Gasteiger partial charge in [-0.05, 0) is 46.6 Å². The van der Waals surface area contributed by atoms with Crippen molar-refractivity contribution in [3.63, 3.8) is 0 Å². The molecule has 140 valence electrons. The second-order valence-corrected chi connectivity index (χ2v) is 6.63. The number of carbonyl (C=O) groups excluding carboxylic acids is 2. The van der Waals surface area contributed by atoms with Crippen molar-refractivity contribution in [1.82, 2.24) is 20.0 Å². The normalized spacial score (nSPS) is 22.0. The first-order valence-corrected chi connectivity index (χ1v) is 9.10. The molecule has 2 heterocycles. The molecule has 24 heavy (non-hydrogen) atoms. The van der Waals surface area contributed by atoms with E-state index in [1.54, 1.807) is 0 Å². The van der Waals surface area contributed by atoms with Crippen LogP contribution in [0.15, 0.2) is 0 Å². The van der Waals surface area contributed by atoms with Crippen LogP contribution in [0, 0.1) is 5.92 Å². The van der Waals surface area contributed by atoms with Gasteiger partial charge in [-0.3, -0.25) is 4.79 Å². The van der Waals surface area contributed by atoms with Gasteiger partial charge in [-0.2, -0.15) is 0 Å². The lowest BCUT2D eigenvalue weighted by molar-refractivity contribution is -0.138. The highest BCUT2D eigenvalue weighted by Gasteiger charge is 2.32. The smallest absolute Gasteiger partial charge is 0.319 e. The molecule has 3 amide bonds. The average Bonchev–Trinajstić information content (AvgIpc) is 2.62. The SMILES string of the molecule is CCN(CC)C(=O)N1CCC(C(=O)N2CCCC(NC)C2)CC1.Cl. The van der Waals surface area contributed by atoms with E-state index in [-0.39, 0.29) is 24.4 Å². The summed E-state index contributed by atoms with van der Waals surface area (Å²) < 4.78 is 0. The Balaban J connectivity index is 0.00000288. The average molecular weight is 361 g/mol. The predicted molar refractivity (Wildman–Crippen MR) is 98.5 cm³/mol. The first-order valence-electron chi connectivity index (χ1n) is 9.10. The van der Waals surface area contributed by atoms with Gasteiger partial charge >= 0.3 is 6.03 Å². The summed E-state index contributed by atoms with van der Waals surface area (Å²) in [7, 11) is 1.97. The zero-order chi connectivity index (χ0) is 16.8. The fourth-order valence-corrected chi connectivity index (χ4v) is 3.68. The number of rotatable bonds is 4. The summed E-state index contributed by atoms with van der Waals surface area (Å²) >= 11 is 0. The maximum atomic E-state index is 12.7. The lowest BCUT2D eigenvalue weighted by Gasteiger charge is -2.38. The number of amides is 3. The zero-order valence-electron chi connectivity index (χ0n) is 15.3. The number of likely N-dealkylation sites (N-methyl/N-ethyl adjacent to an activating group) is 1. The van der Waals surface area contributed by atoms with Crippen molar-refractivity contribution >= 4 is 24.3 Å². The minimum atomic E-state index is 0. The number of halogens is 1. The van der Waals surface area contributed by atoms with E-state index in [9.17, 15) is 9.59 Å². The van der Waals surface area contributed by atoms with E-state index in [1.807, 2.05) is 35.6 Å². The van der Waals surface area contributed by atoms with Crippen molar-refractivity contribution < 1.29 is 9.59 Å². The second kappa shape index (κ2) is 10.1. The molecular weight excluding hydrogens is 328 g/mol. The van der Waals surface area contributed by atoms with Gasteiger partial charge < -0.3 is 20.0 Å². The molecule has 1 N–H and O–H groups in total. The second-order valence-electron chi connectivity index (χ2n) is 6.63. The first-order chi connectivity index (χ1) is 11.1. The van der Waals surface area contributed by atoms with Crippen molar-refractivity contribution in [2.45, 2.75) is 45.6 Å². The highest BCUT2D eigenvalue weighted by Crippen LogP contribution is 2.22. The molecule has 7 heteroatoms. The van der Waals surface area contributed by atoms with E-state index in [0.29, 0.717) is 25.0 Å². The summed E-state index contributed by atoms with van der Waals surface area (Å²) in [6, 6.07) is 0.547. The van der Waals surface area contributed by atoms with Crippen molar-refractivity contribution in [2.24, 2.45) is 5.92 Å². The number of carbonyl (C=O) groups is 2. The van der Waals surface area contributed by atoms with Gasteiger partial charge in [0.25, 0.3) is 0 Å². The molecule has 2 aliphatic heterocycles. The Labute approximate surface area is 152 Å². The largest absolute Gasteiger partial charge is 0.341 e. The maximum absolute atomic E-state index is 12.7. The molecular formula is C17H33ClN4O2. The minimum absolute atomic E-state index is 0. The van der Waals surface area contributed by atoms with Gasteiger partial charge in [-0.15, -0.1) is 12.4 Å². The van der Waals surface area contributed by atoms with Gasteiger partial charge in [0.15, 0.2) is 0 Å². The Morgan fingerprint density at radius 3 is 2.21 bits per heavy atom. The predicted octanol–water partition coefficient (Wildman–Crippen LogP) is 1.79. The topological polar surface area (TPSA) is 55.9 Å². The number of nitrogens with one attached hydrogen (secondary N) is 1. The molecule has 0 aromatic carbocycles. The molecule has 2 saturated heterocycles. The van der Waals surface area contributed by atoms with E-state index >= 15 is 0 Å². The highest BCUT2D eigenvalue weighted by molar-refractivity contribution is 5.85. The molecule has 6 nitrogen and oxygen atoms in total. The Kier molecular flexibility index (Phi) is 8.84. The van der Waals surface area contributed by atoms with Gasteiger partial charge in [-0.25, -0.2) is 4.79 Å². The molecule has 1 atom stereocenters. The molecule has 2 aliphatic rings. The Morgan fingerprint density at radius 2 is 1.67 bits per heavy atom. The fourth-order valence-electron chi connectivity index (χ4n) is 3.68. The Hall–Kier alpha value is -1.01. The summed E-state index contributed by atoms with van der Waals surface area (Å²) in [4.78, 5) is 30.9. The minimum Gasteiger partial charge on any atom is -0.341 e. The van der Waals surface area contributed by atoms with Crippen LogP contribution in [0.3, 0.4) is 0 Å². The van der Waals surface area contributed by atoms with E-state index in [0.717, 1.165) is 51.9 Å². The molecule has 1 unspecified atom stereocenters. The van der Waals surface area contributed by atoms with Gasteiger partial charge in [0.05, 0.1) is 0 Å². The van der Waals surface area contributed by atoms with E-state index < -0.39 is 0 Å². The third-order valence-electron chi connectivity index (χ3n) is 5.29. The van der Waals surface area contributed by atoms with Crippen molar-refractivity contribution in [2.75, 3.05) is 46.3 Å². The van der Waals surface area contributed by atoms with Crippen LogP contribution in [-0.2, 0) is 4.79 Å². The van der Waals surface area contributed by atoms with Crippen LogP contribution >= 0.6 is 12.4 Å². The maximum Gasteiger partial charge on any atom is 0.319 e. The third kappa shape index (κ3) is 4.99. The monoisotopic (exact) mass is 360 g/mol. The van der Waals surface area contributed by atoms with Crippen LogP contribution in [0.1, 0.15) is 39.5 Å². The van der Waals surface area contributed by atoms with Crippen LogP contribution in [0.25, 0.3) is 0 Å². The molecule has 0 spiro atoms. The van der Waals surface area contributed by atoms with Gasteiger partial charge in [0, 0.05) is 51.2 Å². The molecule has 0 aliphatic carbocycles. The van der Waals surface area contributed by atoms with Crippen molar-refractivity contribution in [3.8, 4) is 0 Å². The standard InChI is InChI=1S/C17H32N4O2.ClH/c1-4-19(5-2)17(23)20-11-8-14(9-12-20)16(22)21-10-6-7-15(13-21)18-3;/h14-15,18H,4-13H2,1-3H3;1H. The molecule has 2 fully saturated rings. The fraction of sp³-hybridized carbons (Fsp3) is 0.882.